The molecular weight excluding hydrogens is 255 g/mol. The first-order chi connectivity index (χ1) is 8.60. The number of halogens is 2. The summed E-state index contributed by atoms with van der Waals surface area (Å²) in [5.74, 6) is 0.160. The molecule has 1 atom stereocenters. The van der Waals surface area contributed by atoms with Crippen LogP contribution in [0.3, 0.4) is 0 Å². The Bertz CT molecular complexity index is 562. The summed E-state index contributed by atoms with van der Waals surface area (Å²) in [7, 11) is 1.57. The molecule has 2 aromatic rings. The summed E-state index contributed by atoms with van der Waals surface area (Å²) < 4.78 is 18.3. The van der Waals surface area contributed by atoms with E-state index in [2.05, 4.69) is 9.97 Å². The smallest absolute Gasteiger partial charge is 0.159 e. The summed E-state index contributed by atoms with van der Waals surface area (Å²) in [5, 5.41) is 0.308. The first kappa shape index (κ1) is 12.9. The zero-order chi connectivity index (χ0) is 13.1. The van der Waals surface area contributed by atoms with Gasteiger partial charge in [-0.1, -0.05) is 23.7 Å². The Morgan fingerprint density at radius 2 is 2.06 bits per heavy atom. The monoisotopic (exact) mass is 266 g/mol. The van der Waals surface area contributed by atoms with Crippen molar-refractivity contribution >= 4 is 11.6 Å². The Labute approximate surface area is 110 Å². The number of benzene rings is 1. The maximum Gasteiger partial charge on any atom is 0.159 e. The molecule has 0 amide bonds. The van der Waals surface area contributed by atoms with Gasteiger partial charge in [0.1, 0.15) is 17.1 Å². The van der Waals surface area contributed by atoms with Crippen molar-refractivity contribution in [2.45, 2.75) is 13.0 Å². The summed E-state index contributed by atoms with van der Waals surface area (Å²) in [6, 6.07) is 7.77. The maximum absolute atomic E-state index is 13.2. The average Bonchev–Trinajstić information content (AvgIpc) is 2.37. The van der Waals surface area contributed by atoms with Crippen molar-refractivity contribution in [1.29, 1.82) is 0 Å². The number of rotatable bonds is 3. The van der Waals surface area contributed by atoms with Crippen LogP contribution in [-0.4, -0.2) is 17.1 Å². The first-order valence-electron chi connectivity index (χ1n) is 5.43. The molecular formula is C13H12ClFN2O. The van der Waals surface area contributed by atoms with Crippen molar-refractivity contribution in [3.8, 4) is 11.3 Å². The van der Waals surface area contributed by atoms with E-state index in [1.54, 1.807) is 25.3 Å². The highest BCUT2D eigenvalue weighted by molar-refractivity contribution is 6.29. The molecule has 1 heterocycles. The quantitative estimate of drug-likeness (QED) is 0.796. The van der Waals surface area contributed by atoms with Crippen molar-refractivity contribution in [3.63, 3.8) is 0 Å². The van der Waals surface area contributed by atoms with Crippen molar-refractivity contribution in [2.24, 2.45) is 0 Å². The van der Waals surface area contributed by atoms with E-state index in [0.717, 1.165) is 0 Å². The van der Waals surface area contributed by atoms with E-state index >= 15 is 0 Å². The Hall–Kier alpha value is -1.52. The molecule has 0 N–H and O–H groups in total. The minimum absolute atomic E-state index is 0.268. The third kappa shape index (κ3) is 2.83. The van der Waals surface area contributed by atoms with Gasteiger partial charge in [-0.15, -0.1) is 0 Å². The average molecular weight is 267 g/mol. The largest absolute Gasteiger partial charge is 0.374 e. The maximum atomic E-state index is 13.2. The summed E-state index contributed by atoms with van der Waals surface area (Å²) in [6.07, 6.45) is -0.268. The van der Waals surface area contributed by atoms with Gasteiger partial charge in [-0.2, -0.15) is 0 Å². The lowest BCUT2D eigenvalue weighted by molar-refractivity contribution is 0.112. The van der Waals surface area contributed by atoms with E-state index in [9.17, 15) is 4.39 Å². The van der Waals surface area contributed by atoms with Gasteiger partial charge < -0.3 is 4.74 Å². The van der Waals surface area contributed by atoms with Crippen LogP contribution in [0.15, 0.2) is 30.3 Å². The topological polar surface area (TPSA) is 35.0 Å². The predicted molar refractivity (Wildman–Crippen MR) is 67.9 cm³/mol. The van der Waals surface area contributed by atoms with Crippen LogP contribution in [0.1, 0.15) is 18.9 Å². The summed E-state index contributed by atoms with van der Waals surface area (Å²) in [5.41, 5.74) is 1.23. The van der Waals surface area contributed by atoms with Crippen molar-refractivity contribution in [1.82, 2.24) is 9.97 Å². The van der Waals surface area contributed by atoms with Gasteiger partial charge in [0.25, 0.3) is 0 Å². The number of ether oxygens (including phenoxy) is 1. The molecule has 94 valence electrons. The van der Waals surface area contributed by atoms with Crippen molar-refractivity contribution in [2.75, 3.05) is 7.11 Å². The molecule has 0 saturated heterocycles. The molecule has 3 nitrogen and oxygen atoms in total. The minimum atomic E-state index is -0.316. The Morgan fingerprint density at radius 1 is 1.28 bits per heavy atom. The highest BCUT2D eigenvalue weighted by Gasteiger charge is 2.11. The lowest BCUT2D eigenvalue weighted by atomic mass is 10.1. The second-order valence-electron chi connectivity index (χ2n) is 3.82. The summed E-state index contributed by atoms with van der Waals surface area (Å²) in [4.78, 5) is 8.42. The fourth-order valence-electron chi connectivity index (χ4n) is 1.52. The van der Waals surface area contributed by atoms with Crippen LogP contribution in [0.2, 0.25) is 5.15 Å². The first-order valence-corrected chi connectivity index (χ1v) is 5.81. The molecule has 1 unspecified atom stereocenters. The molecule has 18 heavy (non-hydrogen) atoms. The van der Waals surface area contributed by atoms with Crippen LogP contribution in [-0.2, 0) is 4.74 Å². The lowest BCUT2D eigenvalue weighted by Gasteiger charge is -2.10. The van der Waals surface area contributed by atoms with Crippen LogP contribution in [0, 0.1) is 5.82 Å². The Balaban J connectivity index is 2.48. The number of nitrogens with zero attached hydrogens (tertiary/aromatic N) is 2. The van der Waals surface area contributed by atoms with E-state index in [4.69, 9.17) is 16.3 Å². The minimum Gasteiger partial charge on any atom is -0.374 e. The van der Waals surface area contributed by atoms with Gasteiger partial charge in [0.15, 0.2) is 5.82 Å². The standard InChI is InChI=1S/C13H12ClFN2O/c1-8(18-2)13-16-11(7-12(14)17-13)9-4-3-5-10(15)6-9/h3-8H,1-2H3. The van der Waals surface area contributed by atoms with Gasteiger partial charge in [0.2, 0.25) is 0 Å². The molecule has 0 fully saturated rings. The van der Waals surface area contributed by atoms with E-state index in [1.165, 1.54) is 12.1 Å². The highest BCUT2D eigenvalue weighted by Crippen LogP contribution is 2.23. The van der Waals surface area contributed by atoms with Gasteiger partial charge >= 0.3 is 0 Å². The summed E-state index contributed by atoms with van der Waals surface area (Å²) in [6.45, 7) is 1.82. The molecule has 0 aliphatic rings. The van der Waals surface area contributed by atoms with E-state index in [-0.39, 0.29) is 11.9 Å². The van der Waals surface area contributed by atoms with E-state index in [0.29, 0.717) is 22.2 Å². The number of hydrogen-bond donors (Lipinski definition) is 0. The van der Waals surface area contributed by atoms with Gasteiger partial charge in [0, 0.05) is 18.7 Å². The highest BCUT2D eigenvalue weighted by atomic mass is 35.5. The molecule has 0 aliphatic heterocycles. The molecule has 0 spiro atoms. The molecule has 2 rings (SSSR count). The lowest BCUT2D eigenvalue weighted by Crippen LogP contribution is -2.04. The van der Waals surface area contributed by atoms with Crippen LogP contribution < -0.4 is 0 Å². The molecule has 5 heteroatoms. The van der Waals surface area contributed by atoms with E-state index in [1.807, 2.05) is 6.92 Å². The van der Waals surface area contributed by atoms with Gasteiger partial charge in [0.05, 0.1) is 5.69 Å². The molecule has 0 radical (unpaired) electrons. The molecule has 1 aromatic carbocycles. The van der Waals surface area contributed by atoms with Crippen molar-refractivity contribution < 1.29 is 9.13 Å². The Kier molecular flexibility index (Phi) is 3.89. The number of methoxy groups -OCH3 is 1. The molecule has 1 aromatic heterocycles. The SMILES string of the molecule is COC(C)c1nc(Cl)cc(-c2cccc(F)c2)n1. The third-order valence-electron chi connectivity index (χ3n) is 2.55. The molecule has 0 bridgehead atoms. The van der Waals surface area contributed by atoms with Gasteiger partial charge in [-0.25, -0.2) is 14.4 Å². The van der Waals surface area contributed by atoms with Crippen LogP contribution in [0.4, 0.5) is 4.39 Å². The third-order valence-corrected chi connectivity index (χ3v) is 2.74. The zero-order valence-electron chi connectivity index (χ0n) is 10.0. The Morgan fingerprint density at radius 3 is 2.72 bits per heavy atom. The molecule has 0 saturated carbocycles. The van der Waals surface area contributed by atoms with Gasteiger partial charge in [-0.3, -0.25) is 0 Å². The number of aromatic nitrogens is 2. The van der Waals surface area contributed by atoms with Crippen molar-refractivity contribution in [3.05, 3.63) is 47.1 Å². The zero-order valence-corrected chi connectivity index (χ0v) is 10.8. The van der Waals surface area contributed by atoms with Crippen LogP contribution >= 0.6 is 11.6 Å². The fraction of sp³-hybridized carbons (Fsp3) is 0.231. The second kappa shape index (κ2) is 5.42. The van der Waals surface area contributed by atoms with Gasteiger partial charge in [-0.05, 0) is 19.1 Å². The molecule has 0 aliphatic carbocycles. The van der Waals surface area contributed by atoms with E-state index < -0.39 is 0 Å². The van der Waals surface area contributed by atoms with Crippen LogP contribution in [0.5, 0.6) is 0 Å². The summed E-state index contributed by atoms with van der Waals surface area (Å²) >= 11 is 5.94. The number of hydrogen-bond acceptors (Lipinski definition) is 3. The van der Waals surface area contributed by atoms with Crippen LogP contribution in [0.25, 0.3) is 11.3 Å². The second-order valence-corrected chi connectivity index (χ2v) is 4.21. The predicted octanol–water partition coefficient (Wildman–Crippen LogP) is 3.64. The fourth-order valence-corrected chi connectivity index (χ4v) is 1.71. The normalized spacial score (nSPS) is 12.4.